The molecule has 0 radical (unpaired) electrons. The second-order valence-electron chi connectivity index (χ2n) is 4.33. The number of fused-ring (bicyclic) bond motifs is 1. The van der Waals surface area contributed by atoms with Crippen molar-refractivity contribution in [2.45, 2.75) is 18.4 Å². The molecule has 7 heteroatoms. The first kappa shape index (κ1) is 12.4. The third-order valence-electron chi connectivity index (χ3n) is 3.03. The van der Waals surface area contributed by atoms with Crippen molar-refractivity contribution in [3.63, 3.8) is 0 Å². The molecule has 0 aliphatic heterocycles. The van der Waals surface area contributed by atoms with Crippen LogP contribution in [0.15, 0.2) is 12.1 Å². The van der Waals surface area contributed by atoms with Crippen LogP contribution in [-0.4, -0.2) is 33.8 Å². The first-order valence-electron chi connectivity index (χ1n) is 5.03. The number of halogens is 1. The third kappa shape index (κ3) is 2.04. The Morgan fingerprint density at radius 2 is 1.88 bits per heavy atom. The predicted molar refractivity (Wildman–Crippen MR) is 63.2 cm³/mol. The minimum absolute atomic E-state index is 0.161. The summed E-state index contributed by atoms with van der Waals surface area (Å²) in [6.45, 7) is 0. The van der Waals surface area contributed by atoms with Crippen molar-refractivity contribution in [2.75, 3.05) is 0 Å². The lowest BCUT2D eigenvalue weighted by Crippen LogP contribution is -2.48. The van der Waals surface area contributed by atoms with E-state index >= 15 is 0 Å². The van der Waals surface area contributed by atoms with Gasteiger partial charge in [-0.25, -0.2) is 0 Å². The van der Waals surface area contributed by atoms with E-state index in [1.807, 2.05) is 0 Å². The van der Waals surface area contributed by atoms with Crippen molar-refractivity contribution < 1.29 is 19.9 Å². The molecule has 5 N–H and O–H groups in total. The molecule has 0 aromatic heterocycles. The zero-order valence-corrected chi connectivity index (χ0v) is 9.61. The van der Waals surface area contributed by atoms with Gasteiger partial charge in [0.05, 0.1) is 0 Å². The molecular formula is C10H11BClNO4. The second-order valence-corrected chi connectivity index (χ2v) is 4.74. The molecule has 1 aliphatic carbocycles. The number of carboxylic acids is 1. The van der Waals surface area contributed by atoms with Gasteiger partial charge in [-0.05, 0) is 17.2 Å². The molecule has 0 saturated heterocycles. The van der Waals surface area contributed by atoms with Gasteiger partial charge in [0.1, 0.15) is 5.54 Å². The Labute approximate surface area is 103 Å². The van der Waals surface area contributed by atoms with Crippen LogP contribution < -0.4 is 11.2 Å². The Morgan fingerprint density at radius 1 is 1.35 bits per heavy atom. The monoisotopic (exact) mass is 255 g/mol. The number of nitrogens with two attached hydrogens (primary N) is 1. The van der Waals surface area contributed by atoms with Crippen LogP contribution in [0, 0.1) is 0 Å². The molecule has 0 unspecified atom stereocenters. The zero-order valence-electron chi connectivity index (χ0n) is 8.85. The zero-order chi connectivity index (χ0) is 12.8. The van der Waals surface area contributed by atoms with Crippen molar-refractivity contribution in [3.8, 4) is 0 Å². The van der Waals surface area contributed by atoms with E-state index in [1.165, 1.54) is 6.07 Å². The van der Waals surface area contributed by atoms with E-state index in [9.17, 15) is 4.79 Å². The van der Waals surface area contributed by atoms with Crippen molar-refractivity contribution in [1.29, 1.82) is 0 Å². The summed E-state index contributed by atoms with van der Waals surface area (Å²) in [6.07, 6.45) is 0.355. The number of hydrogen-bond acceptors (Lipinski definition) is 4. The van der Waals surface area contributed by atoms with Crippen LogP contribution in [0.2, 0.25) is 5.02 Å². The summed E-state index contributed by atoms with van der Waals surface area (Å²) in [5.41, 5.74) is 6.04. The lowest BCUT2D eigenvalue weighted by atomic mass is 9.79. The van der Waals surface area contributed by atoms with Gasteiger partial charge in [0, 0.05) is 23.3 Å². The molecule has 1 aromatic carbocycles. The number of aliphatic carboxylic acids is 1. The Hall–Kier alpha value is -1.08. The summed E-state index contributed by atoms with van der Waals surface area (Å²) in [5.74, 6) is -1.07. The third-order valence-corrected chi connectivity index (χ3v) is 3.36. The summed E-state index contributed by atoms with van der Waals surface area (Å²) in [5, 5.41) is 27.4. The second kappa shape index (κ2) is 3.99. The van der Waals surface area contributed by atoms with Gasteiger partial charge in [-0.2, -0.15) is 0 Å². The summed E-state index contributed by atoms with van der Waals surface area (Å²) in [4.78, 5) is 11.0. The lowest BCUT2D eigenvalue weighted by Gasteiger charge is -2.16. The average Bonchev–Trinajstić information content (AvgIpc) is 2.53. The van der Waals surface area contributed by atoms with Crippen molar-refractivity contribution in [1.82, 2.24) is 0 Å². The molecule has 0 heterocycles. The number of benzene rings is 1. The van der Waals surface area contributed by atoms with E-state index in [-0.39, 0.29) is 23.3 Å². The van der Waals surface area contributed by atoms with E-state index < -0.39 is 18.6 Å². The van der Waals surface area contributed by atoms with E-state index in [2.05, 4.69) is 0 Å². The predicted octanol–water partition coefficient (Wildman–Crippen LogP) is -1.10. The summed E-state index contributed by atoms with van der Waals surface area (Å²) in [7, 11) is -1.68. The number of carbonyl (C=O) groups is 1. The molecule has 0 spiro atoms. The van der Waals surface area contributed by atoms with Crippen molar-refractivity contribution >= 4 is 30.2 Å². The van der Waals surface area contributed by atoms with Crippen LogP contribution in [0.25, 0.3) is 0 Å². The maximum absolute atomic E-state index is 11.0. The van der Waals surface area contributed by atoms with Crippen LogP contribution in [0.3, 0.4) is 0 Å². The highest BCUT2D eigenvalue weighted by Gasteiger charge is 2.41. The Balaban J connectivity index is 2.43. The first-order chi connectivity index (χ1) is 7.83. The van der Waals surface area contributed by atoms with Gasteiger partial charge in [0.25, 0.3) is 0 Å². The topological polar surface area (TPSA) is 104 Å². The van der Waals surface area contributed by atoms with Crippen LogP contribution >= 0.6 is 11.6 Å². The van der Waals surface area contributed by atoms with Gasteiger partial charge in [-0.3, -0.25) is 4.79 Å². The van der Waals surface area contributed by atoms with Crippen LogP contribution in [-0.2, 0) is 17.6 Å². The van der Waals surface area contributed by atoms with Gasteiger partial charge in [0.2, 0.25) is 0 Å². The van der Waals surface area contributed by atoms with Crippen LogP contribution in [0.1, 0.15) is 11.1 Å². The molecule has 0 amide bonds. The fraction of sp³-hybridized carbons (Fsp3) is 0.300. The standard InChI is InChI=1S/C10H11BClNO4/c12-8-2-6-4-10(13,9(14)15)3-5(6)1-7(8)11(16)17/h1-2,16-17H,3-4,13H2,(H,14,15)/t10-/m0/s1. The lowest BCUT2D eigenvalue weighted by molar-refractivity contribution is -0.142. The van der Waals surface area contributed by atoms with Gasteiger partial charge in [0.15, 0.2) is 0 Å². The maximum Gasteiger partial charge on any atom is 0.489 e. The van der Waals surface area contributed by atoms with E-state index in [0.717, 1.165) is 5.56 Å². The molecule has 1 atom stereocenters. The van der Waals surface area contributed by atoms with Gasteiger partial charge in [-0.15, -0.1) is 0 Å². The van der Waals surface area contributed by atoms with Crippen LogP contribution in [0.5, 0.6) is 0 Å². The Bertz CT molecular complexity index is 493. The molecule has 1 aromatic rings. The minimum atomic E-state index is -1.68. The number of hydrogen-bond donors (Lipinski definition) is 4. The quantitative estimate of drug-likeness (QED) is 0.502. The minimum Gasteiger partial charge on any atom is -0.480 e. The normalized spacial score (nSPS) is 22.4. The fourth-order valence-corrected chi connectivity index (χ4v) is 2.38. The van der Waals surface area contributed by atoms with Gasteiger partial charge in [-0.1, -0.05) is 17.7 Å². The summed E-state index contributed by atoms with van der Waals surface area (Å²) in [6, 6.07) is 3.04. The molecule has 1 aliphatic rings. The van der Waals surface area contributed by atoms with E-state index in [4.69, 9.17) is 32.5 Å². The van der Waals surface area contributed by atoms with Crippen molar-refractivity contribution in [2.24, 2.45) is 5.73 Å². The number of rotatable bonds is 2. The SMILES string of the molecule is N[C@]1(C(=O)O)Cc2cc(Cl)c(B(O)O)cc2C1. The molecule has 0 bridgehead atoms. The highest BCUT2D eigenvalue weighted by Crippen LogP contribution is 2.30. The van der Waals surface area contributed by atoms with Crippen molar-refractivity contribution in [3.05, 3.63) is 28.3 Å². The van der Waals surface area contributed by atoms with E-state index in [0.29, 0.717) is 5.56 Å². The van der Waals surface area contributed by atoms with Gasteiger partial charge >= 0.3 is 13.1 Å². The molecule has 0 saturated carbocycles. The molecular weight excluding hydrogens is 244 g/mol. The smallest absolute Gasteiger partial charge is 0.480 e. The summed E-state index contributed by atoms with van der Waals surface area (Å²) < 4.78 is 0. The van der Waals surface area contributed by atoms with E-state index in [1.54, 1.807) is 6.07 Å². The molecule has 0 fully saturated rings. The highest BCUT2D eigenvalue weighted by atomic mass is 35.5. The average molecular weight is 255 g/mol. The maximum atomic E-state index is 11.0. The molecule has 17 heavy (non-hydrogen) atoms. The van der Waals surface area contributed by atoms with Gasteiger partial charge < -0.3 is 20.9 Å². The Kier molecular flexibility index (Phi) is 2.91. The summed E-state index contributed by atoms with van der Waals surface area (Å²) >= 11 is 5.87. The largest absolute Gasteiger partial charge is 0.489 e. The highest BCUT2D eigenvalue weighted by molar-refractivity contribution is 6.62. The molecule has 5 nitrogen and oxygen atoms in total. The Morgan fingerprint density at radius 3 is 2.35 bits per heavy atom. The molecule has 2 rings (SSSR count). The first-order valence-corrected chi connectivity index (χ1v) is 5.41. The fourth-order valence-electron chi connectivity index (χ4n) is 2.10. The van der Waals surface area contributed by atoms with Crippen LogP contribution in [0.4, 0.5) is 0 Å². The number of carboxylic acid groups (broad SMARTS) is 1. The molecule has 90 valence electrons.